The van der Waals surface area contributed by atoms with Crippen LogP contribution in [0.5, 0.6) is 0 Å². The van der Waals surface area contributed by atoms with Crippen molar-refractivity contribution in [2.24, 2.45) is 0 Å². The van der Waals surface area contributed by atoms with E-state index in [2.05, 4.69) is 15.9 Å². The number of rotatable bonds is 3. The van der Waals surface area contributed by atoms with E-state index in [0.717, 1.165) is 0 Å². The third-order valence-corrected chi connectivity index (χ3v) is 4.02. The average molecular weight is 304 g/mol. The number of anilines is 1. The van der Waals surface area contributed by atoms with Crippen LogP contribution in [-0.2, 0) is 10.0 Å². The molecule has 0 radical (unpaired) electrons. The molecule has 0 aromatic heterocycles. The molecule has 0 aliphatic rings. The predicted molar refractivity (Wildman–Crippen MR) is 52.7 cm³/mol. The zero-order valence-electron chi connectivity index (χ0n) is 7.10. The van der Waals surface area contributed by atoms with Crippen LogP contribution in [-0.4, -0.2) is 13.1 Å². The Bertz CT molecular complexity index is 454. The van der Waals surface area contributed by atoms with Gasteiger partial charge in [0.25, 0.3) is 0 Å². The summed E-state index contributed by atoms with van der Waals surface area (Å²) in [6.45, 7) is 0. The molecule has 1 aromatic carbocycles. The predicted octanol–water partition coefficient (Wildman–Crippen LogP) is 2.20. The molecule has 0 unspecified atom stereocenters. The van der Waals surface area contributed by atoms with Crippen molar-refractivity contribution >= 4 is 31.6 Å². The molecule has 0 saturated carbocycles. The Kier molecular flexibility index (Phi) is 3.61. The van der Waals surface area contributed by atoms with Gasteiger partial charge in [0.1, 0.15) is 16.2 Å². The van der Waals surface area contributed by atoms with Crippen molar-refractivity contribution in [3.8, 4) is 0 Å². The van der Waals surface area contributed by atoms with Crippen molar-refractivity contribution in [3.05, 3.63) is 29.6 Å². The van der Waals surface area contributed by atoms with Gasteiger partial charge in [-0.25, -0.2) is 21.6 Å². The number of nitrogens with one attached hydrogen (secondary N) is 1. The lowest BCUT2D eigenvalue weighted by molar-refractivity contribution is 0.547. The second-order valence-electron chi connectivity index (χ2n) is 2.57. The van der Waals surface area contributed by atoms with Crippen LogP contribution in [0.3, 0.4) is 0 Å². The van der Waals surface area contributed by atoms with Gasteiger partial charge in [-0.1, -0.05) is 15.9 Å². The smallest absolute Gasteiger partial charge is 0.242 e. The van der Waals surface area contributed by atoms with Gasteiger partial charge in [0, 0.05) is 12.1 Å². The molecule has 0 bridgehead atoms. The van der Waals surface area contributed by atoms with Crippen LogP contribution in [0, 0.1) is 17.5 Å². The summed E-state index contributed by atoms with van der Waals surface area (Å²) in [7, 11) is -3.87. The van der Waals surface area contributed by atoms with Gasteiger partial charge >= 0.3 is 0 Å². The SMILES string of the molecule is O=S(=O)(CBr)Nc1c(F)cc(F)cc1F. The lowest BCUT2D eigenvalue weighted by Crippen LogP contribution is -2.15. The number of halogens is 4. The maximum atomic E-state index is 13.0. The van der Waals surface area contributed by atoms with Gasteiger partial charge in [0.15, 0.2) is 11.6 Å². The molecule has 3 nitrogen and oxygen atoms in total. The lowest BCUT2D eigenvalue weighted by atomic mass is 10.3. The van der Waals surface area contributed by atoms with Gasteiger partial charge in [-0.2, -0.15) is 0 Å². The van der Waals surface area contributed by atoms with E-state index in [1.54, 1.807) is 4.72 Å². The van der Waals surface area contributed by atoms with E-state index >= 15 is 0 Å². The number of sulfonamides is 1. The maximum Gasteiger partial charge on any atom is 0.242 e. The van der Waals surface area contributed by atoms with E-state index in [1.807, 2.05) is 0 Å². The molecule has 8 heteroatoms. The van der Waals surface area contributed by atoms with E-state index in [1.165, 1.54) is 0 Å². The zero-order valence-corrected chi connectivity index (χ0v) is 9.50. The molecule has 1 rings (SSSR count). The van der Waals surface area contributed by atoms with Gasteiger partial charge in [-0.05, 0) is 0 Å². The first-order valence-corrected chi connectivity index (χ1v) is 6.34. The standard InChI is InChI=1S/C7H5BrF3NO2S/c8-3-15(13,14)12-7-5(10)1-4(9)2-6(7)11/h1-2,12H,3H2. The van der Waals surface area contributed by atoms with E-state index in [9.17, 15) is 21.6 Å². The highest BCUT2D eigenvalue weighted by Crippen LogP contribution is 2.21. The summed E-state index contributed by atoms with van der Waals surface area (Å²) >= 11 is 2.62. The van der Waals surface area contributed by atoms with Crippen molar-refractivity contribution in [2.75, 3.05) is 9.38 Å². The molecule has 0 atom stereocenters. The lowest BCUT2D eigenvalue weighted by Gasteiger charge is -2.07. The summed E-state index contributed by atoms with van der Waals surface area (Å²) in [5, 5.41) is 0. The van der Waals surface area contributed by atoms with Crippen LogP contribution in [0.25, 0.3) is 0 Å². The third kappa shape index (κ3) is 3.10. The minimum atomic E-state index is -3.87. The Morgan fingerprint density at radius 3 is 2.07 bits per heavy atom. The Morgan fingerprint density at radius 2 is 1.67 bits per heavy atom. The van der Waals surface area contributed by atoms with Crippen LogP contribution in [0.15, 0.2) is 12.1 Å². The maximum absolute atomic E-state index is 13.0. The largest absolute Gasteiger partial charge is 0.277 e. The Balaban J connectivity index is 3.17. The Morgan fingerprint density at radius 1 is 1.20 bits per heavy atom. The topological polar surface area (TPSA) is 46.2 Å². The highest BCUT2D eigenvalue weighted by molar-refractivity contribution is 9.10. The van der Waals surface area contributed by atoms with E-state index < -0.39 is 37.8 Å². The average Bonchev–Trinajstić information content (AvgIpc) is 2.11. The molecular weight excluding hydrogens is 299 g/mol. The molecular formula is C7H5BrF3NO2S. The van der Waals surface area contributed by atoms with E-state index in [4.69, 9.17) is 0 Å². The zero-order chi connectivity index (χ0) is 11.6. The van der Waals surface area contributed by atoms with Crippen LogP contribution >= 0.6 is 15.9 Å². The quantitative estimate of drug-likeness (QED) is 0.870. The van der Waals surface area contributed by atoms with Gasteiger partial charge < -0.3 is 0 Å². The van der Waals surface area contributed by atoms with Crippen molar-refractivity contribution in [3.63, 3.8) is 0 Å². The molecule has 1 aromatic rings. The van der Waals surface area contributed by atoms with Crippen LogP contribution < -0.4 is 4.72 Å². The van der Waals surface area contributed by atoms with Gasteiger partial charge in [-0.3, -0.25) is 4.72 Å². The van der Waals surface area contributed by atoms with E-state index in [-0.39, 0.29) is 0 Å². The van der Waals surface area contributed by atoms with Crippen LogP contribution in [0.4, 0.5) is 18.9 Å². The fourth-order valence-electron chi connectivity index (χ4n) is 0.822. The van der Waals surface area contributed by atoms with Crippen LogP contribution in [0.1, 0.15) is 0 Å². The fraction of sp³-hybridized carbons (Fsp3) is 0.143. The summed E-state index contributed by atoms with van der Waals surface area (Å²) in [4.78, 5) is 0. The molecule has 0 aliphatic heterocycles. The van der Waals surface area contributed by atoms with E-state index in [0.29, 0.717) is 12.1 Å². The van der Waals surface area contributed by atoms with Crippen molar-refractivity contribution in [2.45, 2.75) is 0 Å². The van der Waals surface area contributed by atoms with Crippen molar-refractivity contribution in [1.82, 2.24) is 0 Å². The second kappa shape index (κ2) is 4.40. The Labute approximate surface area is 92.5 Å². The molecule has 0 amide bonds. The molecule has 0 saturated heterocycles. The summed E-state index contributed by atoms with van der Waals surface area (Å²) in [5.74, 6) is -3.74. The molecule has 1 N–H and O–H groups in total. The molecule has 0 aliphatic carbocycles. The molecule has 0 heterocycles. The van der Waals surface area contributed by atoms with Gasteiger partial charge in [0.2, 0.25) is 10.0 Å². The van der Waals surface area contributed by atoms with Crippen LogP contribution in [0.2, 0.25) is 0 Å². The normalized spacial score (nSPS) is 11.5. The highest BCUT2D eigenvalue weighted by atomic mass is 79.9. The number of hydrogen-bond donors (Lipinski definition) is 1. The monoisotopic (exact) mass is 303 g/mol. The first-order valence-electron chi connectivity index (χ1n) is 3.57. The van der Waals surface area contributed by atoms with Crippen molar-refractivity contribution < 1.29 is 21.6 Å². The van der Waals surface area contributed by atoms with Crippen molar-refractivity contribution in [1.29, 1.82) is 0 Å². The minimum Gasteiger partial charge on any atom is -0.277 e. The minimum absolute atomic E-state index is 0.384. The highest BCUT2D eigenvalue weighted by Gasteiger charge is 2.16. The molecule has 84 valence electrons. The summed E-state index contributed by atoms with van der Waals surface area (Å²) < 4.78 is 61.4. The van der Waals surface area contributed by atoms with Gasteiger partial charge in [-0.15, -0.1) is 0 Å². The Hall–Kier alpha value is -0.760. The number of benzene rings is 1. The fourth-order valence-corrected chi connectivity index (χ4v) is 1.73. The first kappa shape index (κ1) is 12.3. The third-order valence-electron chi connectivity index (χ3n) is 1.41. The molecule has 0 fully saturated rings. The second-order valence-corrected chi connectivity index (χ2v) is 5.60. The van der Waals surface area contributed by atoms with Gasteiger partial charge in [0.05, 0.1) is 0 Å². The molecule has 15 heavy (non-hydrogen) atoms. The first-order chi connectivity index (χ1) is 6.85. The molecule has 0 spiro atoms. The summed E-state index contributed by atoms with van der Waals surface area (Å²) in [5.41, 5.74) is -0.893. The summed E-state index contributed by atoms with van der Waals surface area (Å²) in [6, 6.07) is 0.768. The summed E-state index contributed by atoms with van der Waals surface area (Å²) in [6.07, 6.45) is 0. The number of hydrogen-bond acceptors (Lipinski definition) is 2. The number of alkyl halides is 1.